The number of aromatic amines is 1. The van der Waals surface area contributed by atoms with Gasteiger partial charge in [0.15, 0.2) is 5.43 Å². The first-order valence-corrected chi connectivity index (χ1v) is 6.76. The molecule has 4 nitrogen and oxygen atoms in total. The van der Waals surface area contributed by atoms with E-state index in [0.717, 1.165) is 30.3 Å². The number of nitrogens with one attached hydrogen (secondary N) is 2. The number of aromatic nitrogens is 1. The van der Waals surface area contributed by atoms with Crippen molar-refractivity contribution in [3.8, 4) is 0 Å². The third kappa shape index (κ3) is 2.44. The van der Waals surface area contributed by atoms with Crippen LogP contribution in [0.15, 0.2) is 17.1 Å². The topological polar surface area (TPSA) is 62.0 Å². The van der Waals surface area contributed by atoms with Crippen LogP contribution < -0.4 is 10.7 Å². The molecular weight excluding hydrogens is 284 g/mol. The molecule has 0 unspecified atom stereocenters. The number of pyridine rings is 1. The second-order valence-corrected chi connectivity index (χ2v) is 5.18. The van der Waals surface area contributed by atoms with Gasteiger partial charge < -0.3 is 10.3 Å². The zero-order valence-corrected chi connectivity index (χ0v) is 11.3. The molecule has 1 aromatic rings. The summed E-state index contributed by atoms with van der Waals surface area (Å²) in [5.74, 6) is -0.287. The number of alkyl halides is 1. The normalized spacial score (nSPS) is 17.3. The van der Waals surface area contributed by atoms with Gasteiger partial charge in [-0.2, -0.15) is 0 Å². The minimum absolute atomic E-state index is 0.158. The first-order valence-electron chi connectivity index (χ1n) is 5.64. The van der Waals surface area contributed by atoms with Crippen molar-refractivity contribution in [3.63, 3.8) is 0 Å². The van der Waals surface area contributed by atoms with Crippen molar-refractivity contribution in [1.29, 1.82) is 0 Å². The number of carbonyl (C=O) groups is 1. The van der Waals surface area contributed by atoms with Crippen molar-refractivity contribution in [2.45, 2.75) is 31.7 Å². The fraction of sp³-hybridized carbons (Fsp3) is 0.500. The van der Waals surface area contributed by atoms with Gasteiger partial charge in [0.1, 0.15) is 5.56 Å². The highest BCUT2D eigenvalue weighted by atomic mass is 79.9. The Balaban J connectivity index is 2.17. The van der Waals surface area contributed by atoms with Crippen LogP contribution in [0.5, 0.6) is 0 Å². The Morgan fingerprint density at radius 3 is 2.76 bits per heavy atom. The van der Waals surface area contributed by atoms with Crippen molar-refractivity contribution in [3.05, 3.63) is 33.7 Å². The smallest absolute Gasteiger partial charge is 0.257 e. The van der Waals surface area contributed by atoms with E-state index in [0.29, 0.717) is 0 Å². The van der Waals surface area contributed by atoms with Crippen LogP contribution in [-0.2, 0) is 0 Å². The van der Waals surface area contributed by atoms with Crippen molar-refractivity contribution < 1.29 is 4.79 Å². The molecule has 92 valence electrons. The predicted octanol–water partition coefficient (Wildman–Crippen LogP) is 1.73. The number of aryl methyl sites for hydroxylation is 1. The van der Waals surface area contributed by atoms with Gasteiger partial charge in [0.25, 0.3) is 5.91 Å². The maximum atomic E-state index is 12.0. The van der Waals surface area contributed by atoms with E-state index in [1.54, 1.807) is 6.92 Å². The van der Waals surface area contributed by atoms with E-state index in [1.165, 1.54) is 12.3 Å². The van der Waals surface area contributed by atoms with Gasteiger partial charge >= 0.3 is 0 Å². The van der Waals surface area contributed by atoms with Gasteiger partial charge in [-0.15, -0.1) is 0 Å². The van der Waals surface area contributed by atoms with E-state index < -0.39 is 0 Å². The lowest BCUT2D eigenvalue weighted by Crippen LogP contribution is -2.55. The molecular formula is C12H15BrN2O2. The summed E-state index contributed by atoms with van der Waals surface area (Å²) in [6.45, 7) is 1.79. The van der Waals surface area contributed by atoms with Crippen LogP contribution >= 0.6 is 15.9 Å². The Bertz CT molecular complexity index is 486. The SMILES string of the molecule is Cc1cc(=O)c(C(=O)NC2(CBr)CCC2)c[nH]1. The fourth-order valence-corrected chi connectivity index (χ4v) is 2.66. The van der Waals surface area contributed by atoms with Gasteiger partial charge in [-0.3, -0.25) is 9.59 Å². The molecule has 1 amide bonds. The molecule has 0 aromatic carbocycles. The van der Waals surface area contributed by atoms with E-state index in [1.807, 2.05) is 0 Å². The zero-order valence-electron chi connectivity index (χ0n) is 9.68. The van der Waals surface area contributed by atoms with E-state index in [9.17, 15) is 9.59 Å². The van der Waals surface area contributed by atoms with Gasteiger partial charge in [-0.25, -0.2) is 0 Å². The van der Waals surface area contributed by atoms with Gasteiger partial charge in [-0.05, 0) is 26.2 Å². The Morgan fingerprint density at radius 1 is 1.59 bits per heavy atom. The van der Waals surface area contributed by atoms with Gasteiger partial charge in [0.05, 0.1) is 5.54 Å². The van der Waals surface area contributed by atoms with Crippen LogP contribution in [0.4, 0.5) is 0 Å². The van der Waals surface area contributed by atoms with Crippen molar-refractivity contribution in [2.24, 2.45) is 0 Å². The predicted molar refractivity (Wildman–Crippen MR) is 69.6 cm³/mol. The molecule has 1 aliphatic carbocycles. The first-order chi connectivity index (χ1) is 8.06. The molecule has 0 saturated heterocycles. The summed E-state index contributed by atoms with van der Waals surface area (Å²) in [5, 5.41) is 3.68. The average Bonchev–Trinajstić information content (AvgIpc) is 2.23. The third-order valence-electron chi connectivity index (χ3n) is 3.25. The number of amides is 1. The van der Waals surface area contributed by atoms with E-state index >= 15 is 0 Å². The lowest BCUT2D eigenvalue weighted by atomic mass is 9.78. The summed E-state index contributed by atoms with van der Waals surface area (Å²) in [4.78, 5) is 26.6. The highest BCUT2D eigenvalue weighted by Gasteiger charge is 2.37. The molecule has 0 spiro atoms. The first kappa shape index (κ1) is 12.4. The molecule has 1 aliphatic rings. The quantitative estimate of drug-likeness (QED) is 0.835. The second kappa shape index (κ2) is 4.64. The maximum absolute atomic E-state index is 12.0. The van der Waals surface area contributed by atoms with Crippen LogP contribution in [0.25, 0.3) is 0 Å². The largest absolute Gasteiger partial charge is 0.364 e. The molecule has 1 saturated carbocycles. The molecule has 0 aliphatic heterocycles. The number of hydrogen-bond donors (Lipinski definition) is 2. The van der Waals surface area contributed by atoms with E-state index in [4.69, 9.17) is 0 Å². The highest BCUT2D eigenvalue weighted by molar-refractivity contribution is 9.09. The molecule has 0 atom stereocenters. The highest BCUT2D eigenvalue weighted by Crippen LogP contribution is 2.33. The number of carbonyl (C=O) groups excluding carboxylic acids is 1. The Kier molecular flexibility index (Phi) is 3.38. The summed E-state index contributed by atoms with van der Waals surface area (Å²) in [6, 6.07) is 1.44. The van der Waals surface area contributed by atoms with Crippen molar-refractivity contribution in [1.82, 2.24) is 10.3 Å². The molecule has 17 heavy (non-hydrogen) atoms. The molecule has 2 rings (SSSR count). The van der Waals surface area contributed by atoms with E-state index in [2.05, 4.69) is 26.2 Å². The van der Waals surface area contributed by atoms with Crippen LogP contribution in [0.3, 0.4) is 0 Å². The third-order valence-corrected chi connectivity index (χ3v) is 4.32. The molecule has 1 aromatic heterocycles. The van der Waals surface area contributed by atoms with Crippen LogP contribution in [-0.4, -0.2) is 21.8 Å². The fourth-order valence-electron chi connectivity index (χ4n) is 1.95. The van der Waals surface area contributed by atoms with Crippen molar-refractivity contribution in [2.75, 3.05) is 5.33 Å². The second-order valence-electron chi connectivity index (χ2n) is 4.62. The summed E-state index contributed by atoms with van der Waals surface area (Å²) in [7, 11) is 0. The standard InChI is InChI=1S/C12H15BrN2O2/c1-8-5-10(16)9(6-14-8)11(17)15-12(7-13)3-2-4-12/h5-6H,2-4,7H2,1H3,(H,14,16)(H,15,17). The molecule has 1 fully saturated rings. The Labute approximate surface area is 108 Å². The lowest BCUT2D eigenvalue weighted by molar-refractivity contribution is 0.0855. The summed E-state index contributed by atoms with van der Waals surface area (Å²) in [5.41, 5.74) is 0.546. The Hall–Kier alpha value is -1.10. The summed E-state index contributed by atoms with van der Waals surface area (Å²) >= 11 is 3.41. The monoisotopic (exact) mass is 298 g/mol. The minimum atomic E-state index is -0.287. The summed E-state index contributed by atoms with van der Waals surface area (Å²) < 4.78 is 0. The number of H-pyrrole nitrogens is 1. The van der Waals surface area contributed by atoms with Crippen molar-refractivity contribution >= 4 is 21.8 Å². The summed E-state index contributed by atoms with van der Waals surface area (Å²) in [6.07, 6.45) is 4.53. The number of rotatable bonds is 3. The number of halogens is 1. The Morgan fingerprint density at radius 2 is 2.29 bits per heavy atom. The van der Waals surface area contributed by atoms with Gasteiger partial charge in [-0.1, -0.05) is 15.9 Å². The maximum Gasteiger partial charge on any atom is 0.257 e. The van der Waals surface area contributed by atoms with E-state index in [-0.39, 0.29) is 22.4 Å². The number of hydrogen-bond acceptors (Lipinski definition) is 2. The van der Waals surface area contributed by atoms with Gasteiger partial charge in [0.2, 0.25) is 0 Å². The zero-order chi connectivity index (χ0) is 12.5. The molecule has 5 heteroatoms. The van der Waals surface area contributed by atoms with Crippen LogP contribution in [0.2, 0.25) is 0 Å². The minimum Gasteiger partial charge on any atom is -0.364 e. The molecule has 0 bridgehead atoms. The average molecular weight is 299 g/mol. The van der Waals surface area contributed by atoms with Crippen LogP contribution in [0, 0.1) is 6.92 Å². The van der Waals surface area contributed by atoms with Crippen LogP contribution in [0.1, 0.15) is 35.3 Å². The lowest BCUT2D eigenvalue weighted by Gasteiger charge is -2.41. The molecule has 2 N–H and O–H groups in total. The molecule has 1 heterocycles. The molecule has 0 radical (unpaired) electrons. The van der Waals surface area contributed by atoms with Gasteiger partial charge in [0, 0.05) is 23.3 Å².